The summed E-state index contributed by atoms with van der Waals surface area (Å²) >= 11 is 5.94. The summed E-state index contributed by atoms with van der Waals surface area (Å²) in [4.78, 5) is 21.8. The molecule has 0 saturated heterocycles. The fourth-order valence-corrected chi connectivity index (χ4v) is 5.45. The average molecular weight is 537 g/mol. The molecule has 3 aromatic rings. The molecule has 1 aliphatic carbocycles. The molecule has 9 nitrogen and oxygen atoms in total. The Morgan fingerprint density at radius 1 is 1.17 bits per heavy atom. The molecule has 1 amide bonds. The number of hydrogen-bond donors (Lipinski definition) is 2. The number of methoxy groups -OCH3 is 1. The Hall–Kier alpha value is -2.78. The number of benzene rings is 2. The maximum atomic E-state index is 13.6. The summed E-state index contributed by atoms with van der Waals surface area (Å²) in [6.07, 6.45) is 1.55. The predicted octanol–water partition coefficient (Wildman–Crippen LogP) is 6.26. The van der Waals surface area contributed by atoms with E-state index in [9.17, 15) is 13.8 Å². The molecule has 4 rings (SSSR count). The number of carbonyl (C=O) groups is 1. The SMILES string of the molecule is CCOP(=O)(CC(=O)Nc1cc2c(Nc3ccc(F)c(Cl)c3)nc(OC)nc2cc1C1CC1)OCC. The lowest BCUT2D eigenvalue weighted by molar-refractivity contribution is -0.114. The van der Waals surface area contributed by atoms with Gasteiger partial charge in [0.05, 0.1) is 30.9 Å². The number of hydrogen-bond acceptors (Lipinski definition) is 8. The van der Waals surface area contributed by atoms with Crippen LogP contribution in [0, 0.1) is 5.82 Å². The molecule has 1 aromatic heterocycles. The van der Waals surface area contributed by atoms with Crippen LogP contribution in [0.15, 0.2) is 30.3 Å². The maximum absolute atomic E-state index is 13.6. The van der Waals surface area contributed by atoms with E-state index in [2.05, 4.69) is 20.6 Å². The number of carbonyl (C=O) groups excluding carboxylic acids is 1. The van der Waals surface area contributed by atoms with Gasteiger partial charge in [0.1, 0.15) is 17.8 Å². The van der Waals surface area contributed by atoms with E-state index < -0.39 is 25.5 Å². The lowest BCUT2D eigenvalue weighted by Crippen LogP contribution is -2.19. The third-order valence-corrected chi connectivity index (χ3v) is 7.76. The first-order valence-corrected chi connectivity index (χ1v) is 13.7. The number of amides is 1. The summed E-state index contributed by atoms with van der Waals surface area (Å²) < 4.78 is 42.3. The second kappa shape index (κ2) is 11.1. The minimum atomic E-state index is -3.57. The summed E-state index contributed by atoms with van der Waals surface area (Å²) in [6, 6.07) is 8.02. The van der Waals surface area contributed by atoms with Crippen molar-refractivity contribution in [3.05, 3.63) is 46.7 Å². The number of ether oxygens (including phenoxy) is 1. The quantitative estimate of drug-likeness (QED) is 0.276. The van der Waals surface area contributed by atoms with Crippen molar-refractivity contribution in [1.29, 1.82) is 0 Å². The van der Waals surface area contributed by atoms with Crippen molar-refractivity contribution in [2.45, 2.75) is 32.6 Å². The minimum Gasteiger partial charge on any atom is -0.467 e. The molecule has 1 aliphatic rings. The molecular weight excluding hydrogens is 510 g/mol. The summed E-state index contributed by atoms with van der Waals surface area (Å²) in [5, 5.41) is 6.56. The highest BCUT2D eigenvalue weighted by molar-refractivity contribution is 7.54. The highest BCUT2D eigenvalue weighted by Gasteiger charge is 2.31. The van der Waals surface area contributed by atoms with Crippen LogP contribution >= 0.6 is 19.2 Å². The predicted molar refractivity (Wildman–Crippen MR) is 137 cm³/mol. The van der Waals surface area contributed by atoms with E-state index in [4.69, 9.17) is 25.4 Å². The van der Waals surface area contributed by atoms with E-state index in [1.807, 2.05) is 6.07 Å². The number of fused-ring (bicyclic) bond motifs is 1. The van der Waals surface area contributed by atoms with Crippen LogP contribution in [-0.4, -0.2) is 42.4 Å². The van der Waals surface area contributed by atoms with Gasteiger partial charge in [-0.25, -0.2) is 4.39 Å². The van der Waals surface area contributed by atoms with Crippen molar-refractivity contribution in [3.63, 3.8) is 0 Å². The van der Waals surface area contributed by atoms with Crippen molar-refractivity contribution in [2.75, 3.05) is 37.1 Å². The lowest BCUT2D eigenvalue weighted by Gasteiger charge is -2.18. The zero-order chi connectivity index (χ0) is 25.9. The molecule has 2 N–H and O–H groups in total. The van der Waals surface area contributed by atoms with E-state index >= 15 is 0 Å². The summed E-state index contributed by atoms with van der Waals surface area (Å²) in [6.45, 7) is 3.70. The van der Waals surface area contributed by atoms with E-state index in [1.165, 1.54) is 25.3 Å². The number of anilines is 3. The van der Waals surface area contributed by atoms with Crippen LogP contribution in [0.4, 0.5) is 21.6 Å². The molecule has 2 aromatic carbocycles. The Morgan fingerprint density at radius 3 is 2.50 bits per heavy atom. The fraction of sp³-hybridized carbons (Fsp3) is 0.375. The van der Waals surface area contributed by atoms with Gasteiger partial charge in [-0.3, -0.25) is 9.36 Å². The molecule has 1 heterocycles. The van der Waals surface area contributed by atoms with Gasteiger partial charge in [-0.05, 0) is 68.5 Å². The zero-order valence-corrected chi connectivity index (χ0v) is 21.8. The van der Waals surface area contributed by atoms with Crippen LogP contribution in [0.25, 0.3) is 10.9 Å². The summed E-state index contributed by atoms with van der Waals surface area (Å²) in [5.74, 6) is -0.381. The Morgan fingerprint density at radius 2 is 1.89 bits per heavy atom. The second-order valence-corrected chi connectivity index (χ2v) is 10.7. The molecular formula is C24H27ClFN4O5P. The third kappa shape index (κ3) is 6.13. The molecule has 0 aliphatic heterocycles. The van der Waals surface area contributed by atoms with Crippen molar-refractivity contribution in [3.8, 4) is 6.01 Å². The molecule has 0 atom stereocenters. The van der Waals surface area contributed by atoms with Crippen LogP contribution in [0.1, 0.15) is 38.2 Å². The molecule has 192 valence electrons. The average Bonchev–Trinajstić information content (AvgIpc) is 3.66. The first kappa shape index (κ1) is 26.3. The number of halogens is 2. The topological polar surface area (TPSA) is 112 Å². The smallest absolute Gasteiger partial charge is 0.340 e. The Kier molecular flexibility index (Phi) is 8.10. The Labute approximate surface area is 213 Å². The van der Waals surface area contributed by atoms with Crippen LogP contribution in [0.3, 0.4) is 0 Å². The summed E-state index contributed by atoms with van der Waals surface area (Å²) in [5.41, 5.74) is 2.58. The van der Waals surface area contributed by atoms with Gasteiger partial charge in [0.15, 0.2) is 0 Å². The van der Waals surface area contributed by atoms with Gasteiger partial charge in [0.2, 0.25) is 5.91 Å². The van der Waals surface area contributed by atoms with Crippen LogP contribution in [-0.2, 0) is 18.4 Å². The Bertz CT molecular complexity index is 1330. The maximum Gasteiger partial charge on any atom is 0.340 e. The van der Waals surface area contributed by atoms with Gasteiger partial charge in [-0.2, -0.15) is 9.97 Å². The van der Waals surface area contributed by atoms with Gasteiger partial charge in [-0.1, -0.05) is 11.6 Å². The van der Waals surface area contributed by atoms with Crippen molar-refractivity contribution >= 4 is 53.2 Å². The van der Waals surface area contributed by atoms with Gasteiger partial charge in [0.25, 0.3) is 0 Å². The van der Waals surface area contributed by atoms with E-state index in [-0.39, 0.29) is 30.2 Å². The number of nitrogens with one attached hydrogen (secondary N) is 2. The van der Waals surface area contributed by atoms with Crippen LogP contribution in [0.2, 0.25) is 5.02 Å². The third-order valence-electron chi connectivity index (χ3n) is 5.49. The molecule has 12 heteroatoms. The Balaban J connectivity index is 1.72. The number of aromatic nitrogens is 2. The van der Waals surface area contributed by atoms with E-state index in [0.29, 0.717) is 28.1 Å². The zero-order valence-electron chi connectivity index (χ0n) is 20.1. The lowest BCUT2D eigenvalue weighted by atomic mass is 10.0. The molecule has 0 spiro atoms. The van der Waals surface area contributed by atoms with Gasteiger partial charge in [0, 0.05) is 16.8 Å². The van der Waals surface area contributed by atoms with Crippen LogP contribution in [0.5, 0.6) is 6.01 Å². The van der Waals surface area contributed by atoms with Crippen molar-refractivity contribution in [2.24, 2.45) is 0 Å². The largest absolute Gasteiger partial charge is 0.467 e. The highest BCUT2D eigenvalue weighted by atomic mass is 35.5. The van der Waals surface area contributed by atoms with Crippen molar-refractivity contribution in [1.82, 2.24) is 9.97 Å². The molecule has 0 unspecified atom stereocenters. The highest BCUT2D eigenvalue weighted by Crippen LogP contribution is 2.49. The first-order valence-electron chi connectivity index (χ1n) is 11.5. The van der Waals surface area contributed by atoms with Gasteiger partial charge in [-0.15, -0.1) is 0 Å². The number of rotatable bonds is 11. The summed E-state index contributed by atoms with van der Waals surface area (Å²) in [7, 11) is -2.10. The van der Waals surface area contributed by atoms with E-state index in [1.54, 1.807) is 19.9 Å². The number of nitrogens with zero attached hydrogens (tertiary/aromatic N) is 2. The monoisotopic (exact) mass is 536 g/mol. The molecule has 0 radical (unpaired) electrons. The molecule has 36 heavy (non-hydrogen) atoms. The molecule has 0 bridgehead atoms. The minimum absolute atomic E-state index is 0.0395. The molecule has 1 saturated carbocycles. The normalized spacial score (nSPS) is 13.6. The second-order valence-electron chi connectivity index (χ2n) is 8.20. The first-order chi connectivity index (χ1) is 17.2. The molecule has 1 fully saturated rings. The fourth-order valence-electron chi connectivity index (χ4n) is 3.80. The standard InChI is InChI=1S/C24H27ClFN4O5P/c1-4-34-36(32,35-5-2)13-22(31)28-20-12-17-21(11-16(20)14-6-7-14)29-24(33-3)30-23(17)27-15-8-9-19(26)18(25)10-15/h8-12,14H,4-7,13H2,1-3H3,(H,28,31)(H,27,29,30). The van der Waals surface area contributed by atoms with E-state index in [0.717, 1.165) is 18.4 Å². The van der Waals surface area contributed by atoms with Gasteiger partial charge >= 0.3 is 13.6 Å². The van der Waals surface area contributed by atoms with Crippen LogP contribution < -0.4 is 15.4 Å². The van der Waals surface area contributed by atoms with Gasteiger partial charge < -0.3 is 24.4 Å². The van der Waals surface area contributed by atoms with Crippen molar-refractivity contribution < 1.29 is 27.5 Å².